The summed E-state index contributed by atoms with van der Waals surface area (Å²) in [7, 11) is 0. The van der Waals surface area contributed by atoms with E-state index in [-0.39, 0.29) is 22.3 Å². The van der Waals surface area contributed by atoms with Gasteiger partial charge in [-0.3, -0.25) is 0 Å². The lowest BCUT2D eigenvalue weighted by Gasteiger charge is -2.31. The van der Waals surface area contributed by atoms with Crippen LogP contribution < -0.4 is 9.80 Å². The van der Waals surface area contributed by atoms with Gasteiger partial charge in [0.25, 0.3) is 0 Å². The highest BCUT2D eigenvalue weighted by Crippen LogP contribution is 2.52. The van der Waals surface area contributed by atoms with Gasteiger partial charge in [0.1, 0.15) is 22.3 Å². The normalized spacial score (nSPS) is 13.8. The summed E-state index contributed by atoms with van der Waals surface area (Å²) in [4.78, 5) is 4.09. The van der Waals surface area contributed by atoms with Crippen molar-refractivity contribution in [3.63, 3.8) is 0 Å². The van der Waals surface area contributed by atoms with Crippen LogP contribution in [0.15, 0.2) is 185 Å². The number of benzene rings is 9. The molecule has 0 amide bonds. The van der Waals surface area contributed by atoms with Crippen LogP contribution in [0.1, 0.15) is 19.4 Å². The highest BCUT2D eigenvalue weighted by molar-refractivity contribution is 6.37. The molecule has 2 heterocycles. The summed E-state index contributed by atoms with van der Waals surface area (Å²) in [6.07, 6.45) is 0. The number of nitrogens with zero attached hydrogens (tertiary/aromatic N) is 2. The molecule has 2 aromatic heterocycles. The molecule has 0 fully saturated rings. The van der Waals surface area contributed by atoms with Crippen LogP contribution in [-0.4, -0.2) is 0 Å². The number of hydrogen-bond acceptors (Lipinski definition) is 4. The van der Waals surface area contributed by atoms with Gasteiger partial charge in [0.05, 0.1) is 38.5 Å². The molecule has 5 heteroatoms. The van der Waals surface area contributed by atoms with Gasteiger partial charge in [-0.25, -0.2) is 0 Å². The first-order valence-electron chi connectivity index (χ1n) is 21.7. The number of aryl methyl sites for hydroxylation is 2. The molecule has 0 aliphatic rings. The van der Waals surface area contributed by atoms with Crippen LogP contribution in [0.2, 0.25) is 5.02 Å². The van der Waals surface area contributed by atoms with Gasteiger partial charge in [-0.15, -0.1) is 0 Å². The summed E-state index contributed by atoms with van der Waals surface area (Å²) in [5, 5.41) is 7.05. The number of rotatable bonds is 6. The third kappa shape index (κ3) is 5.15. The molecule has 0 atom stereocenters. The smallest absolute Gasteiger partial charge is 0.140 e. The lowest BCUT2D eigenvalue weighted by atomic mass is 10.00. The molecule has 272 valence electrons. The maximum absolute atomic E-state index is 8.55. The summed E-state index contributed by atoms with van der Waals surface area (Å²) < 4.78 is 64.4. The number of para-hydroxylation sites is 2. The summed E-state index contributed by atoms with van der Waals surface area (Å²) in [6, 6.07) is 56.1. The van der Waals surface area contributed by atoms with Gasteiger partial charge >= 0.3 is 0 Å². The van der Waals surface area contributed by atoms with Crippen molar-refractivity contribution < 1.29 is 17.1 Å². The third-order valence-electron chi connectivity index (χ3n) is 10.9. The van der Waals surface area contributed by atoms with Crippen LogP contribution in [0, 0.1) is 13.7 Å². The van der Waals surface area contributed by atoms with E-state index in [9.17, 15) is 0 Å². The monoisotopic (exact) mass is 760 g/mol. The van der Waals surface area contributed by atoms with Crippen LogP contribution in [0.3, 0.4) is 0 Å². The third-order valence-corrected chi connectivity index (χ3v) is 11.3. The molecule has 0 radical (unpaired) electrons. The lowest BCUT2D eigenvalue weighted by Crippen LogP contribution is -2.15. The maximum Gasteiger partial charge on any atom is 0.140 e. The molecule has 0 N–H and O–H groups in total. The van der Waals surface area contributed by atoms with Crippen molar-refractivity contribution in [3.05, 3.63) is 192 Å². The minimum Gasteiger partial charge on any atom is -0.456 e. The van der Waals surface area contributed by atoms with Crippen LogP contribution >= 0.6 is 11.6 Å². The Morgan fingerprint density at radius 1 is 0.404 bits per heavy atom. The molecule has 4 nitrogen and oxygen atoms in total. The van der Waals surface area contributed by atoms with Crippen molar-refractivity contribution in [2.45, 2.75) is 13.7 Å². The Balaban J connectivity index is 1.23. The van der Waals surface area contributed by atoms with E-state index in [1.54, 1.807) is 12.1 Å². The fourth-order valence-corrected chi connectivity index (χ4v) is 8.74. The van der Waals surface area contributed by atoms with Gasteiger partial charge in [0.15, 0.2) is 0 Å². The molecular weight excluding hydrogens is 720 g/mol. The lowest BCUT2D eigenvalue weighted by molar-refractivity contribution is 0.666. The number of furan rings is 2. The molecule has 0 saturated heterocycles. The Labute approximate surface area is 342 Å². The summed E-state index contributed by atoms with van der Waals surface area (Å²) in [5.74, 6) is 0. The Morgan fingerprint density at radius 3 is 1.30 bits per heavy atom. The van der Waals surface area contributed by atoms with Gasteiger partial charge in [-0.2, -0.15) is 0 Å². The van der Waals surface area contributed by atoms with E-state index in [0.717, 1.165) is 43.7 Å². The summed E-state index contributed by atoms with van der Waals surface area (Å²) in [5.41, 5.74) is 5.99. The fraction of sp³-hybridized carbons (Fsp3) is 0.0385. The van der Waals surface area contributed by atoms with Crippen molar-refractivity contribution in [2.75, 3.05) is 9.80 Å². The molecule has 0 bridgehead atoms. The highest BCUT2D eigenvalue weighted by Gasteiger charge is 2.28. The molecule has 0 aliphatic carbocycles. The molecular formula is C52H35ClN2O2. The van der Waals surface area contributed by atoms with E-state index in [0.29, 0.717) is 49.7 Å². The van der Waals surface area contributed by atoms with Crippen molar-refractivity contribution in [2.24, 2.45) is 0 Å². The van der Waals surface area contributed by atoms with Gasteiger partial charge in [-0.1, -0.05) is 127 Å². The Bertz CT molecular complexity index is 3350. The number of hydrogen-bond donors (Lipinski definition) is 0. The topological polar surface area (TPSA) is 32.8 Å². The molecule has 0 aliphatic heterocycles. The van der Waals surface area contributed by atoms with Crippen molar-refractivity contribution in [3.8, 4) is 0 Å². The summed E-state index contributed by atoms with van der Waals surface area (Å²) in [6.45, 7) is -4.93. The molecule has 0 unspecified atom stereocenters. The molecule has 57 heavy (non-hydrogen) atoms. The summed E-state index contributed by atoms with van der Waals surface area (Å²) >= 11 is 7.87. The second-order valence-corrected chi connectivity index (χ2v) is 14.5. The zero-order chi connectivity index (χ0) is 43.2. The first kappa shape index (κ1) is 27.6. The fourth-order valence-electron chi connectivity index (χ4n) is 8.44. The minimum absolute atomic E-state index is 0.106. The molecule has 0 spiro atoms. The number of anilines is 6. The number of halogens is 1. The zero-order valence-electron chi connectivity index (χ0n) is 36.3. The van der Waals surface area contributed by atoms with E-state index in [4.69, 9.17) is 28.7 Å². The number of fused-ring (bicyclic) bond motifs is 10. The predicted octanol–water partition coefficient (Wildman–Crippen LogP) is 16.0. The SMILES string of the molecule is [2H]C([2H])([2H])c1ccc(N(c2ccccc2)c2cccc(N(c3ccccc3)c3ccc(C([2H])([2H])[2H])c4oc5ccc6ccccc6c5c34)c2Cl)c2c1oc1ccc3ccccc3c12. The van der Waals surface area contributed by atoms with Crippen molar-refractivity contribution >= 4 is 111 Å². The molecule has 9 aromatic carbocycles. The van der Waals surface area contributed by atoms with Crippen LogP contribution in [0.4, 0.5) is 34.1 Å². The first-order valence-corrected chi connectivity index (χ1v) is 19.1. The predicted molar refractivity (Wildman–Crippen MR) is 240 cm³/mol. The second kappa shape index (κ2) is 13.0. The maximum atomic E-state index is 8.55. The highest BCUT2D eigenvalue weighted by atomic mass is 35.5. The average Bonchev–Trinajstić information content (AvgIpc) is 3.88. The van der Waals surface area contributed by atoms with Gasteiger partial charge in [-0.05, 0) is 107 Å². The molecule has 0 saturated carbocycles. The van der Waals surface area contributed by atoms with E-state index >= 15 is 0 Å². The van der Waals surface area contributed by atoms with Crippen LogP contribution in [0.25, 0.3) is 65.4 Å². The molecule has 11 rings (SSSR count). The Morgan fingerprint density at radius 2 is 0.842 bits per heavy atom. The second-order valence-electron chi connectivity index (χ2n) is 14.1. The Kier molecular flexibility index (Phi) is 6.31. The van der Waals surface area contributed by atoms with E-state index in [1.807, 2.05) is 174 Å². The quantitative estimate of drug-likeness (QED) is 0.169. The van der Waals surface area contributed by atoms with E-state index < -0.39 is 13.7 Å². The van der Waals surface area contributed by atoms with Crippen molar-refractivity contribution in [1.29, 1.82) is 0 Å². The van der Waals surface area contributed by atoms with E-state index in [1.165, 1.54) is 0 Å². The Hall–Kier alpha value is -7.01. The average molecular weight is 761 g/mol. The van der Waals surface area contributed by atoms with Gasteiger partial charge in [0.2, 0.25) is 0 Å². The van der Waals surface area contributed by atoms with Gasteiger partial charge < -0.3 is 18.6 Å². The first-order chi connectivity index (χ1) is 30.5. The minimum atomic E-state index is -2.46. The standard InChI is InChI=1S/C52H35ClN2O2/c1-32-24-28-40(48-46-38-20-11-9-14-34(38)26-30-44(46)56-51(32)48)54(36-16-5-3-6-17-36)42-22-13-23-43(50(42)53)55(37-18-7-4-8-19-37)41-29-25-33(2)52-49(41)47-39-21-12-10-15-35(39)27-31-45(47)57-52/h3-31H,1-2H3/i1D3,2D3. The van der Waals surface area contributed by atoms with Gasteiger partial charge in [0, 0.05) is 30.4 Å². The largest absolute Gasteiger partial charge is 0.456 e. The van der Waals surface area contributed by atoms with Crippen LogP contribution in [-0.2, 0) is 0 Å². The van der Waals surface area contributed by atoms with Crippen LogP contribution in [0.5, 0.6) is 0 Å². The van der Waals surface area contributed by atoms with Crippen molar-refractivity contribution in [1.82, 2.24) is 0 Å². The van der Waals surface area contributed by atoms with E-state index in [2.05, 4.69) is 0 Å². The molecule has 11 aromatic rings. The zero-order valence-corrected chi connectivity index (χ0v) is 31.1.